The molecule has 1 aromatic heterocycles. The predicted octanol–water partition coefficient (Wildman–Crippen LogP) is 4.09. The number of aliphatic hydroxyl groups is 1. The Balaban J connectivity index is 1.66. The topological polar surface area (TPSA) is 94.5 Å². The number of aromatic nitrogens is 1. The van der Waals surface area contributed by atoms with E-state index < -0.39 is 5.91 Å². The Morgan fingerprint density at radius 3 is 2.17 bits per heavy atom. The minimum Gasteiger partial charge on any atom is -0.395 e. The summed E-state index contributed by atoms with van der Waals surface area (Å²) in [4.78, 5) is 16.8. The van der Waals surface area contributed by atoms with Gasteiger partial charge in [-0.05, 0) is 35.4 Å². The smallest absolute Gasteiger partial charge is 0.275 e. The Bertz CT molecular complexity index is 1170. The summed E-state index contributed by atoms with van der Waals surface area (Å²) in [6.07, 6.45) is 0. The van der Waals surface area contributed by atoms with Crippen molar-refractivity contribution in [3.63, 3.8) is 0 Å². The SMILES string of the molecule is O=C(NO)c1cc(-c2ccc(-c3ccc(NCCO)cc3)cc2)nc2ccccc12. The van der Waals surface area contributed by atoms with Crippen LogP contribution in [0.2, 0.25) is 0 Å². The zero-order chi connectivity index (χ0) is 20.9. The van der Waals surface area contributed by atoms with Crippen LogP contribution in [0.25, 0.3) is 33.3 Å². The second-order valence-corrected chi connectivity index (χ2v) is 6.82. The lowest BCUT2D eigenvalue weighted by atomic mass is 10.0. The van der Waals surface area contributed by atoms with Gasteiger partial charge in [0.05, 0.1) is 23.4 Å². The third kappa shape index (κ3) is 4.00. The van der Waals surface area contributed by atoms with Crippen molar-refractivity contribution in [1.29, 1.82) is 0 Å². The van der Waals surface area contributed by atoms with Crippen LogP contribution in [0, 0.1) is 0 Å². The number of amides is 1. The second-order valence-electron chi connectivity index (χ2n) is 6.82. The quantitative estimate of drug-likeness (QED) is 0.289. The van der Waals surface area contributed by atoms with Gasteiger partial charge in [0.2, 0.25) is 0 Å². The molecular weight excluding hydrogens is 378 g/mol. The first kappa shape index (κ1) is 19.6. The highest BCUT2D eigenvalue weighted by atomic mass is 16.5. The lowest BCUT2D eigenvalue weighted by Crippen LogP contribution is -2.19. The summed E-state index contributed by atoms with van der Waals surface area (Å²) in [5.74, 6) is -0.568. The fourth-order valence-electron chi connectivity index (χ4n) is 3.39. The molecule has 0 saturated heterocycles. The molecule has 6 heteroatoms. The maximum absolute atomic E-state index is 12.1. The highest BCUT2D eigenvalue weighted by Crippen LogP contribution is 2.28. The van der Waals surface area contributed by atoms with E-state index in [1.807, 2.05) is 66.7 Å². The number of carbonyl (C=O) groups excluding carboxylic acids is 1. The maximum Gasteiger partial charge on any atom is 0.275 e. The molecule has 0 atom stereocenters. The van der Waals surface area contributed by atoms with Gasteiger partial charge in [-0.1, -0.05) is 54.6 Å². The van der Waals surface area contributed by atoms with Crippen LogP contribution in [0.5, 0.6) is 0 Å². The van der Waals surface area contributed by atoms with Crippen molar-refractivity contribution in [2.75, 3.05) is 18.5 Å². The number of rotatable bonds is 6. The molecule has 3 aromatic carbocycles. The van der Waals surface area contributed by atoms with Gasteiger partial charge < -0.3 is 10.4 Å². The lowest BCUT2D eigenvalue weighted by molar-refractivity contribution is 0.0708. The third-order valence-corrected chi connectivity index (χ3v) is 4.90. The monoisotopic (exact) mass is 399 g/mol. The number of hydrogen-bond acceptors (Lipinski definition) is 5. The molecule has 1 amide bonds. The zero-order valence-corrected chi connectivity index (χ0v) is 16.2. The number of anilines is 1. The van der Waals surface area contributed by atoms with Crippen LogP contribution in [0.15, 0.2) is 78.9 Å². The van der Waals surface area contributed by atoms with Crippen molar-refractivity contribution in [3.05, 3.63) is 84.4 Å². The molecule has 0 aliphatic rings. The summed E-state index contributed by atoms with van der Waals surface area (Å²) >= 11 is 0. The van der Waals surface area contributed by atoms with Crippen LogP contribution < -0.4 is 10.8 Å². The molecule has 0 fully saturated rings. The Labute approximate surface area is 173 Å². The first-order chi connectivity index (χ1) is 14.7. The lowest BCUT2D eigenvalue weighted by Gasteiger charge is -2.10. The molecule has 30 heavy (non-hydrogen) atoms. The summed E-state index contributed by atoms with van der Waals surface area (Å²) in [5.41, 5.74) is 7.38. The van der Waals surface area contributed by atoms with E-state index in [1.54, 1.807) is 17.6 Å². The molecule has 4 rings (SSSR count). The normalized spacial score (nSPS) is 10.7. The van der Waals surface area contributed by atoms with E-state index in [2.05, 4.69) is 10.3 Å². The highest BCUT2D eigenvalue weighted by Gasteiger charge is 2.13. The summed E-state index contributed by atoms with van der Waals surface area (Å²) in [6.45, 7) is 0.608. The summed E-state index contributed by atoms with van der Waals surface area (Å²) in [5, 5.41) is 21.8. The van der Waals surface area contributed by atoms with Gasteiger partial charge in [-0.15, -0.1) is 0 Å². The van der Waals surface area contributed by atoms with E-state index in [0.717, 1.165) is 22.4 Å². The van der Waals surface area contributed by atoms with Gasteiger partial charge in [0.15, 0.2) is 0 Å². The van der Waals surface area contributed by atoms with E-state index >= 15 is 0 Å². The van der Waals surface area contributed by atoms with E-state index in [0.29, 0.717) is 28.7 Å². The molecule has 4 aromatic rings. The van der Waals surface area contributed by atoms with Crippen LogP contribution in [-0.2, 0) is 0 Å². The van der Waals surface area contributed by atoms with Crippen molar-refractivity contribution >= 4 is 22.5 Å². The molecule has 0 unspecified atom stereocenters. The zero-order valence-electron chi connectivity index (χ0n) is 16.2. The summed E-state index contributed by atoms with van der Waals surface area (Å²) in [7, 11) is 0. The van der Waals surface area contributed by atoms with Crippen molar-refractivity contribution in [2.45, 2.75) is 0 Å². The Morgan fingerprint density at radius 2 is 1.50 bits per heavy atom. The molecule has 150 valence electrons. The molecule has 0 aliphatic carbocycles. The number of carbonyl (C=O) groups is 1. The molecule has 0 bridgehead atoms. The molecule has 0 spiro atoms. The molecule has 0 saturated carbocycles. The van der Waals surface area contributed by atoms with Crippen molar-refractivity contribution < 1.29 is 15.1 Å². The van der Waals surface area contributed by atoms with Gasteiger partial charge in [0.25, 0.3) is 5.91 Å². The molecule has 6 nitrogen and oxygen atoms in total. The number of nitrogens with zero attached hydrogens (tertiary/aromatic N) is 1. The van der Waals surface area contributed by atoms with Gasteiger partial charge in [-0.3, -0.25) is 10.0 Å². The Hall–Kier alpha value is -3.74. The van der Waals surface area contributed by atoms with Crippen LogP contribution in [-0.4, -0.2) is 34.4 Å². The number of nitrogens with one attached hydrogen (secondary N) is 2. The van der Waals surface area contributed by atoms with E-state index in [1.165, 1.54) is 0 Å². The minimum absolute atomic E-state index is 0.0910. The first-order valence-corrected chi connectivity index (χ1v) is 9.59. The minimum atomic E-state index is -0.568. The van der Waals surface area contributed by atoms with Crippen LogP contribution in [0.1, 0.15) is 10.4 Å². The van der Waals surface area contributed by atoms with Crippen molar-refractivity contribution in [2.24, 2.45) is 0 Å². The van der Waals surface area contributed by atoms with Gasteiger partial charge in [0, 0.05) is 23.2 Å². The molecule has 0 aliphatic heterocycles. The number of fused-ring (bicyclic) bond motifs is 1. The maximum atomic E-state index is 12.1. The fraction of sp³-hybridized carbons (Fsp3) is 0.0833. The molecular formula is C24H21N3O3. The summed E-state index contributed by atoms with van der Waals surface area (Å²) < 4.78 is 0. The number of aliphatic hydroxyl groups excluding tert-OH is 1. The van der Waals surface area contributed by atoms with E-state index in [4.69, 9.17) is 10.3 Å². The number of hydroxylamine groups is 1. The molecule has 4 N–H and O–H groups in total. The Kier molecular flexibility index (Phi) is 5.70. The summed E-state index contributed by atoms with van der Waals surface area (Å²) in [6, 6.07) is 25.0. The first-order valence-electron chi connectivity index (χ1n) is 9.59. The number of benzene rings is 3. The molecule has 1 heterocycles. The molecule has 0 radical (unpaired) electrons. The number of pyridine rings is 1. The average molecular weight is 399 g/mol. The van der Waals surface area contributed by atoms with E-state index in [9.17, 15) is 4.79 Å². The third-order valence-electron chi connectivity index (χ3n) is 4.90. The van der Waals surface area contributed by atoms with Crippen molar-refractivity contribution in [3.8, 4) is 22.4 Å². The highest BCUT2D eigenvalue weighted by molar-refractivity contribution is 6.06. The second kappa shape index (κ2) is 8.73. The standard InChI is InChI=1S/C24H21N3O3/c28-14-13-25-19-11-9-17(10-12-19)16-5-7-18(8-6-16)23-15-21(24(29)27-30)20-3-1-2-4-22(20)26-23/h1-12,15,25,28,30H,13-14H2,(H,27,29). The van der Waals surface area contributed by atoms with Crippen molar-refractivity contribution in [1.82, 2.24) is 10.5 Å². The van der Waals surface area contributed by atoms with Crippen LogP contribution in [0.4, 0.5) is 5.69 Å². The Morgan fingerprint density at radius 1 is 0.867 bits per heavy atom. The van der Waals surface area contributed by atoms with Gasteiger partial charge in [0.1, 0.15) is 0 Å². The average Bonchev–Trinajstić information content (AvgIpc) is 2.82. The van der Waals surface area contributed by atoms with E-state index in [-0.39, 0.29) is 6.61 Å². The van der Waals surface area contributed by atoms with Gasteiger partial charge in [-0.2, -0.15) is 0 Å². The van der Waals surface area contributed by atoms with Crippen LogP contribution in [0.3, 0.4) is 0 Å². The van der Waals surface area contributed by atoms with Gasteiger partial charge >= 0.3 is 0 Å². The predicted molar refractivity (Wildman–Crippen MR) is 117 cm³/mol. The number of hydrogen-bond donors (Lipinski definition) is 4. The number of para-hydroxylation sites is 1. The van der Waals surface area contributed by atoms with Gasteiger partial charge in [-0.25, -0.2) is 10.5 Å². The van der Waals surface area contributed by atoms with Crippen LogP contribution >= 0.6 is 0 Å². The largest absolute Gasteiger partial charge is 0.395 e. The fourth-order valence-corrected chi connectivity index (χ4v) is 3.39.